The summed E-state index contributed by atoms with van der Waals surface area (Å²) in [6, 6.07) is 5.71. The first-order valence-electron chi connectivity index (χ1n) is 4.29. The average molecular weight is 242 g/mol. The zero-order chi connectivity index (χ0) is 12.2. The molecule has 5 nitrogen and oxygen atoms in total. The Morgan fingerprint density at radius 1 is 1.44 bits per heavy atom. The van der Waals surface area contributed by atoms with E-state index in [1.165, 1.54) is 18.2 Å². The van der Waals surface area contributed by atoms with Crippen LogP contribution in [0.4, 0.5) is 0 Å². The van der Waals surface area contributed by atoms with E-state index in [0.717, 1.165) is 6.08 Å². The summed E-state index contributed by atoms with van der Waals surface area (Å²) in [5.41, 5.74) is 0.209. The number of benzene rings is 1. The molecule has 86 valence electrons. The van der Waals surface area contributed by atoms with Gasteiger partial charge < -0.3 is 4.74 Å². The molecule has 0 radical (unpaired) electrons. The Hall–Kier alpha value is -1.66. The number of rotatable bonds is 4. The largest absolute Gasteiger partial charge is 0.458 e. The molecule has 6 heteroatoms. The Morgan fingerprint density at radius 3 is 2.62 bits per heavy atom. The van der Waals surface area contributed by atoms with E-state index in [0.29, 0.717) is 0 Å². The molecule has 0 saturated carbocycles. The Morgan fingerprint density at radius 2 is 2.06 bits per heavy atom. The monoisotopic (exact) mass is 242 g/mol. The highest BCUT2D eigenvalue weighted by Crippen LogP contribution is 2.15. The lowest BCUT2D eigenvalue weighted by molar-refractivity contribution is -0.139. The van der Waals surface area contributed by atoms with Crippen LogP contribution in [0.1, 0.15) is 5.56 Å². The van der Waals surface area contributed by atoms with Crippen LogP contribution >= 0.6 is 0 Å². The third kappa shape index (κ3) is 3.18. The second kappa shape index (κ2) is 4.91. The van der Waals surface area contributed by atoms with E-state index in [1.807, 2.05) is 0 Å². The highest BCUT2D eigenvalue weighted by Gasteiger charge is 2.15. The molecule has 0 amide bonds. The maximum absolute atomic E-state index is 11.0. The zero-order valence-corrected chi connectivity index (χ0v) is 9.11. The first-order chi connectivity index (χ1) is 7.45. The third-order valence-corrected chi connectivity index (χ3v) is 2.74. The van der Waals surface area contributed by atoms with Gasteiger partial charge in [0.25, 0.3) is 10.1 Å². The van der Waals surface area contributed by atoms with Gasteiger partial charge in [0.05, 0.1) is 0 Å². The van der Waals surface area contributed by atoms with Crippen molar-refractivity contribution >= 4 is 16.1 Å². The molecule has 0 aromatic heterocycles. The molecular formula is C10H10O5S. The number of hydrogen-bond donors (Lipinski definition) is 1. The predicted octanol–water partition coefficient (Wildman–Crippen LogP) is 1.16. The number of ether oxygens (including phenoxy) is 1. The average Bonchev–Trinajstić information content (AvgIpc) is 2.25. The van der Waals surface area contributed by atoms with Gasteiger partial charge in [0.1, 0.15) is 11.5 Å². The van der Waals surface area contributed by atoms with Gasteiger partial charge in [-0.3, -0.25) is 4.55 Å². The second-order valence-electron chi connectivity index (χ2n) is 2.89. The molecule has 0 bridgehead atoms. The van der Waals surface area contributed by atoms with Gasteiger partial charge >= 0.3 is 5.97 Å². The van der Waals surface area contributed by atoms with Gasteiger partial charge in [-0.25, -0.2) is 4.79 Å². The van der Waals surface area contributed by atoms with E-state index in [4.69, 9.17) is 4.55 Å². The van der Waals surface area contributed by atoms with Crippen molar-refractivity contribution in [1.29, 1.82) is 0 Å². The highest BCUT2D eigenvalue weighted by molar-refractivity contribution is 7.85. The van der Waals surface area contributed by atoms with Crippen LogP contribution in [0.3, 0.4) is 0 Å². The van der Waals surface area contributed by atoms with Crippen LogP contribution < -0.4 is 0 Å². The van der Waals surface area contributed by atoms with Crippen LogP contribution in [0, 0.1) is 0 Å². The van der Waals surface area contributed by atoms with Crippen LogP contribution in [-0.2, 0) is 26.3 Å². The first-order valence-corrected chi connectivity index (χ1v) is 5.73. The Labute approximate surface area is 93.1 Å². The van der Waals surface area contributed by atoms with Crippen molar-refractivity contribution in [3.05, 3.63) is 42.5 Å². The van der Waals surface area contributed by atoms with Crippen LogP contribution in [0.15, 0.2) is 41.8 Å². The summed E-state index contributed by atoms with van der Waals surface area (Å²) < 4.78 is 35.5. The third-order valence-electron chi connectivity index (χ3n) is 1.79. The molecule has 0 spiro atoms. The molecule has 0 fully saturated rings. The smallest absolute Gasteiger partial charge is 0.330 e. The van der Waals surface area contributed by atoms with Crippen molar-refractivity contribution in [2.45, 2.75) is 11.5 Å². The summed E-state index contributed by atoms with van der Waals surface area (Å²) >= 11 is 0. The van der Waals surface area contributed by atoms with E-state index in [-0.39, 0.29) is 17.1 Å². The minimum atomic E-state index is -4.31. The number of carbonyl (C=O) groups is 1. The summed E-state index contributed by atoms with van der Waals surface area (Å²) in [5, 5.41) is 0. The SMILES string of the molecule is C=CC(=O)OCc1ccccc1S(=O)(=O)O. The quantitative estimate of drug-likeness (QED) is 0.487. The summed E-state index contributed by atoms with van der Waals surface area (Å²) in [6.07, 6.45) is 0.968. The van der Waals surface area contributed by atoms with Gasteiger partial charge in [-0.2, -0.15) is 8.42 Å². The van der Waals surface area contributed by atoms with Gasteiger partial charge in [0.2, 0.25) is 0 Å². The summed E-state index contributed by atoms with van der Waals surface area (Å²) in [5.74, 6) is -0.662. The first kappa shape index (κ1) is 12.4. The minimum Gasteiger partial charge on any atom is -0.458 e. The van der Waals surface area contributed by atoms with E-state index in [1.54, 1.807) is 6.07 Å². The second-order valence-corrected chi connectivity index (χ2v) is 4.28. The molecule has 0 atom stereocenters. The van der Waals surface area contributed by atoms with Crippen molar-refractivity contribution in [2.24, 2.45) is 0 Å². The predicted molar refractivity (Wildman–Crippen MR) is 56.2 cm³/mol. The van der Waals surface area contributed by atoms with Gasteiger partial charge in [-0.05, 0) is 6.07 Å². The minimum absolute atomic E-state index is 0.209. The Kier molecular flexibility index (Phi) is 3.81. The molecule has 16 heavy (non-hydrogen) atoms. The standard InChI is InChI=1S/C10H10O5S/c1-2-10(11)15-7-8-5-3-4-6-9(8)16(12,13)14/h2-6H,1,7H2,(H,12,13,14). The fourth-order valence-electron chi connectivity index (χ4n) is 1.08. The Balaban J connectivity index is 2.97. The molecule has 0 saturated heterocycles. The van der Waals surface area contributed by atoms with Crippen molar-refractivity contribution < 1.29 is 22.5 Å². The number of carbonyl (C=O) groups excluding carboxylic acids is 1. The van der Waals surface area contributed by atoms with Gasteiger partial charge in [-0.15, -0.1) is 0 Å². The lowest BCUT2D eigenvalue weighted by Crippen LogP contribution is -2.06. The van der Waals surface area contributed by atoms with Crippen molar-refractivity contribution in [3.63, 3.8) is 0 Å². The van der Waals surface area contributed by atoms with Crippen molar-refractivity contribution in [2.75, 3.05) is 0 Å². The van der Waals surface area contributed by atoms with E-state index in [9.17, 15) is 13.2 Å². The molecule has 1 aromatic rings. The molecule has 0 aliphatic heterocycles. The van der Waals surface area contributed by atoms with Crippen molar-refractivity contribution in [1.82, 2.24) is 0 Å². The molecular weight excluding hydrogens is 232 g/mol. The molecule has 0 aliphatic rings. The lowest BCUT2D eigenvalue weighted by atomic mass is 10.2. The van der Waals surface area contributed by atoms with E-state index in [2.05, 4.69) is 11.3 Å². The van der Waals surface area contributed by atoms with Crippen molar-refractivity contribution in [3.8, 4) is 0 Å². The summed E-state index contributed by atoms with van der Waals surface area (Å²) in [6.45, 7) is 2.97. The number of hydrogen-bond acceptors (Lipinski definition) is 4. The molecule has 0 aliphatic carbocycles. The molecule has 0 unspecified atom stereocenters. The zero-order valence-electron chi connectivity index (χ0n) is 8.29. The maximum Gasteiger partial charge on any atom is 0.330 e. The van der Waals surface area contributed by atoms with E-state index >= 15 is 0 Å². The number of esters is 1. The molecule has 1 N–H and O–H groups in total. The molecule has 0 heterocycles. The van der Waals surface area contributed by atoms with Gasteiger partial charge in [-0.1, -0.05) is 24.8 Å². The van der Waals surface area contributed by atoms with Crippen LogP contribution in [-0.4, -0.2) is 18.9 Å². The van der Waals surface area contributed by atoms with Crippen LogP contribution in [0.25, 0.3) is 0 Å². The fourth-order valence-corrected chi connectivity index (χ4v) is 1.79. The fraction of sp³-hybridized carbons (Fsp3) is 0.100. The molecule has 1 aromatic carbocycles. The lowest BCUT2D eigenvalue weighted by Gasteiger charge is -2.06. The normalized spacial score (nSPS) is 10.8. The van der Waals surface area contributed by atoms with Gasteiger partial charge in [0.15, 0.2) is 0 Å². The van der Waals surface area contributed by atoms with Crippen LogP contribution in [0.2, 0.25) is 0 Å². The summed E-state index contributed by atoms with van der Waals surface area (Å²) in [7, 11) is -4.31. The Bertz CT molecular complexity index is 504. The maximum atomic E-state index is 11.0. The highest BCUT2D eigenvalue weighted by atomic mass is 32.2. The van der Waals surface area contributed by atoms with E-state index < -0.39 is 16.1 Å². The summed E-state index contributed by atoms with van der Waals surface area (Å²) in [4.78, 5) is 10.5. The topological polar surface area (TPSA) is 80.7 Å². The van der Waals surface area contributed by atoms with Crippen LogP contribution in [0.5, 0.6) is 0 Å². The molecule has 1 rings (SSSR count). The van der Waals surface area contributed by atoms with Gasteiger partial charge in [0, 0.05) is 11.6 Å².